The molecule has 2 aromatic rings. The number of carbonyl (C=O) groups excluding carboxylic acids is 1. The Morgan fingerprint density at radius 3 is 2.79 bits per heavy atom. The highest BCUT2D eigenvalue weighted by molar-refractivity contribution is 7.92. The lowest BCUT2D eigenvalue weighted by molar-refractivity contribution is -0.116. The third-order valence-corrected chi connectivity index (χ3v) is 6.46. The Morgan fingerprint density at radius 1 is 1.25 bits per heavy atom. The standard InChI is InChI=1S/C16H18N4O3S/c1-11-9-13-10-14(3-4-15(13)20(11)12(2)21)24(22,23)19-8-7-18-16(19)5-6-17-18/h3-6,10-11H,7-9H2,1-2H3. The van der Waals surface area contributed by atoms with Gasteiger partial charge in [-0.3, -0.25) is 4.79 Å². The highest BCUT2D eigenvalue weighted by Crippen LogP contribution is 2.35. The topological polar surface area (TPSA) is 75.5 Å². The van der Waals surface area contributed by atoms with Crippen molar-refractivity contribution in [3.63, 3.8) is 0 Å². The number of anilines is 2. The quantitative estimate of drug-likeness (QED) is 0.823. The van der Waals surface area contributed by atoms with Crippen molar-refractivity contribution in [3.8, 4) is 0 Å². The predicted molar refractivity (Wildman–Crippen MR) is 89.5 cm³/mol. The van der Waals surface area contributed by atoms with Crippen LogP contribution in [0.5, 0.6) is 0 Å². The summed E-state index contributed by atoms with van der Waals surface area (Å²) in [5.41, 5.74) is 1.70. The first kappa shape index (κ1) is 15.2. The highest BCUT2D eigenvalue weighted by Gasteiger charge is 2.34. The summed E-state index contributed by atoms with van der Waals surface area (Å²) in [5, 5.41) is 4.12. The molecule has 1 atom stereocenters. The number of nitrogens with zero attached hydrogens (tertiary/aromatic N) is 4. The van der Waals surface area contributed by atoms with Crippen LogP contribution in [0.3, 0.4) is 0 Å². The fourth-order valence-corrected chi connectivity index (χ4v) is 5.14. The number of sulfonamides is 1. The maximum Gasteiger partial charge on any atom is 0.265 e. The zero-order valence-electron chi connectivity index (χ0n) is 13.5. The van der Waals surface area contributed by atoms with Gasteiger partial charge < -0.3 is 4.90 Å². The first-order valence-corrected chi connectivity index (χ1v) is 9.31. The van der Waals surface area contributed by atoms with Gasteiger partial charge in [0.15, 0.2) is 0 Å². The molecule has 0 saturated heterocycles. The van der Waals surface area contributed by atoms with Crippen LogP contribution < -0.4 is 9.21 Å². The van der Waals surface area contributed by atoms with Crippen LogP contribution in [0.25, 0.3) is 0 Å². The first-order valence-electron chi connectivity index (χ1n) is 7.87. The van der Waals surface area contributed by atoms with E-state index in [1.165, 1.54) is 11.2 Å². The van der Waals surface area contributed by atoms with Crippen LogP contribution >= 0.6 is 0 Å². The van der Waals surface area contributed by atoms with Gasteiger partial charge >= 0.3 is 0 Å². The van der Waals surface area contributed by atoms with E-state index in [1.807, 2.05) is 6.92 Å². The first-order chi connectivity index (χ1) is 11.4. The van der Waals surface area contributed by atoms with Crippen molar-refractivity contribution in [1.29, 1.82) is 0 Å². The number of hydrogen-bond donors (Lipinski definition) is 0. The lowest BCUT2D eigenvalue weighted by atomic mass is 10.1. The lowest BCUT2D eigenvalue weighted by Crippen LogP contribution is -2.33. The van der Waals surface area contributed by atoms with Crippen LogP contribution in [0.4, 0.5) is 11.5 Å². The minimum Gasteiger partial charge on any atom is -0.309 e. The molecule has 8 heteroatoms. The number of rotatable bonds is 2. The summed E-state index contributed by atoms with van der Waals surface area (Å²) in [6.07, 6.45) is 2.27. The second-order valence-corrected chi connectivity index (χ2v) is 8.08. The van der Waals surface area contributed by atoms with Crippen LogP contribution in [-0.4, -0.2) is 36.7 Å². The van der Waals surface area contributed by atoms with Gasteiger partial charge in [-0.05, 0) is 37.1 Å². The highest BCUT2D eigenvalue weighted by atomic mass is 32.2. The van der Waals surface area contributed by atoms with Gasteiger partial charge in [-0.25, -0.2) is 17.4 Å². The van der Waals surface area contributed by atoms with Crippen molar-refractivity contribution in [1.82, 2.24) is 9.78 Å². The molecule has 1 aromatic carbocycles. The summed E-state index contributed by atoms with van der Waals surface area (Å²) in [5.74, 6) is 0.564. The number of fused-ring (bicyclic) bond motifs is 2. The molecule has 0 radical (unpaired) electrons. The van der Waals surface area contributed by atoms with E-state index >= 15 is 0 Å². The molecule has 1 unspecified atom stereocenters. The predicted octanol–water partition coefficient (Wildman–Crippen LogP) is 1.39. The number of hydrogen-bond acceptors (Lipinski definition) is 4. The number of benzene rings is 1. The largest absolute Gasteiger partial charge is 0.309 e. The molecule has 0 N–H and O–H groups in total. The summed E-state index contributed by atoms with van der Waals surface area (Å²) < 4.78 is 29.1. The maximum absolute atomic E-state index is 13.0. The summed E-state index contributed by atoms with van der Waals surface area (Å²) in [7, 11) is -3.63. The second kappa shape index (κ2) is 5.07. The van der Waals surface area contributed by atoms with E-state index in [4.69, 9.17) is 0 Å². The van der Waals surface area contributed by atoms with Gasteiger partial charge in [-0.15, -0.1) is 0 Å². The van der Waals surface area contributed by atoms with Gasteiger partial charge in [0.25, 0.3) is 10.0 Å². The third kappa shape index (κ3) is 2.06. The number of aromatic nitrogens is 2. The van der Waals surface area contributed by atoms with Crippen molar-refractivity contribution >= 4 is 27.4 Å². The van der Waals surface area contributed by atoms with Crippen molar-refractivity contribution in [2.75, 3.05) is 15.7 Å². The van der Waals surface area contributed by atoms with Gasteiger partial charge in [0.1, 0.15) is 5.82 Å². The summed E-state index contributed by atoms with van der Waals surface area (Å²) in [6.45, 7) is 4.44. The van der Waals surface area contributed by atoms with Crippen LogP contribution in [0.2, 0.25) is 0 Å². The average molecular weight is 346 g/mol. The Balaban J connectivity index is 1.74. The van der Waals surface area contributed by atoms with Crippen LogP contribution in [0.1, 0.15) is 19.4 Å². The van der Waals surface area contributed by atoms with Gasteiger partial charge in [-0.1, -0.05) is 0 Å². The van der Waals surface area contributed by atoms with E-state index in [2.05, 4.69) is 5.10 Å². The molecule has 2 aliphatic heterocycles. The van der Waals surface area contributed by atoms with Gasteiger partial charge in [0.2, 0.25) is 5.91 Å². The smallest absolute Gasteiger partial charge is 0.265 e. The Bertz CT molecular complexity index is 935. The monoisotopic (exact) mass is 346 g/mol. The molecule has 0 bridgehead atoms. The van der Waals surface area contributed by atoms with Crippen LogP contribution in [-0.2, 0) is 27.8 Å². The lowest BCUT2D eigenvalue weighted by Gasteiger charge is -2.21. The zero-order valence-corrected chi connectivity index (χ0v) is 14.3. The third-order valence-electron chi connectivity index (χ3n) is 4.66. The van der Waals surface area contributed by atoms with E-state index in [1.54, 1.807) is 40.0 Å². The van der Waals surface area contributed by atoms with Gasteiger partial charge in [0.05, 0.1) is 24.2 Å². The van der Waals surface area contributed by atoms with Crippen molar-refractivity contribution in [2.24, 2.45) is 0 Å². The Labute approximate surface area is 140 Å². The molecule has 1 amide bonds. The zero-order chi connectivity index (χ0) is 17.1. The molecular formula is C16H18N4O3S. The molecule has 0 spiro atoms. The van der Waals surface area contributed by atoms with E-state index in [0.717, 1.165) is 11.3 Å². The second-order valence-electron chi connectivity index (χ2n) is 6.22. The molecule has 3 heterocycles. The molecule has 24 heavy (non-hydrogen) atoms. The number of amides is 1. The van der Waals surface area contributed by atoms with Gasteiger partial charge in [0, 0.05) is 24.7 Å². The molecule has 2 aliphatic rings. The number of carbonyl (C=O) groups is 1. The summed E-state index contributed by atoms with van der Waals surface area (Å²) >= 11 is 0. The normalized spacial score (nSPS) is 19.5. The maximum atomic E-state index is 13.0. The molecule has 126 valence electrons. The van der Waals surface area contributed by atoms with Crippen molar-refractivity contribution in [2.45, 2.75) is 37.8 Å². The molecule has 1 aromatic heterocycles. The molecule has 0 saturated carbocycles. The van der Waals surface area contributed by atoms with Crippen molar-refractivity contribution < 1.29 is 13.2 Å². The fourth-order valence-electron chi connectivity index (χ4n) is 3.63. The SMILES string of the molecule is CC(=O)N1c2ccc(S(=O)(=O)N3CCn4nccc43)cc2CC1C. The summed E-state index contributed by atoms with van der Waals surface area (Å²) in [6, 6.07) is 6.77. The van der Waals surface area contributed by atoms with Gasteiger partial charge in [-0.2, -0.15) is 5.10 Å². The van der Waals surface area contributed by atoms with Crippen LogP contribution in [0.15, 0.2) is 35.4 Å². The van der Waals surface area contributed by atoms with E-state index in [-0.39, 0.29) is 16.8 Å². The van der Waals surface area contributed by atoms with E-state index < -0.39 is 10.0 Å². The van der Waals surface area contributed by atoms with E-state index in [9.17, 15) is 13.2 Å². The van der Waals surface area contributed by atoms with E-state index in [0.29, 0.717) is 25.3 Å². The summed E-state index contributed by atoms with van der Waals surface area (Å²) in [4.78, 5) is 13.8. The van der Waals surface area contributed by atoms with Crippen molar-refractivity contribution in [3.05, 3.63) is 36.0 Å². The molecule has 7 nitrogen and oxygen atoms in total. The molecule has 0 fully saturated rings. The Kier molecular flexibility index (Phi) is 3.21. The fraction of sp³-hybridized carbons (Fsp3) is 0.375. The minimum absolute atomic E-state index is 0.0275. The molecule has 0 aliphatic carbocycles. The van der Waals surface area contributed by atoms with Crippen LogP contribution in [0, 0.1) is 0 Å². The average Bonchev–Trinajstić information content (AvgIpc) is 3.17. The molecular weight excluding hydrogens is 328 g/mol. The Morgan fingerprint density at radius 2 is 2.04 bits per heavy atom. The molecule has 4 rings (SSSR count). The minimum atomic E-state index is -3.63. The Hall–Kier alpha value is -2.35.